The summed E-state index contributed by atoms with van der Waals surface area (Å²) in [7, 11) is 0. The smallest absolute Gasteiger partial charge is 0.270 e. The molecule has 2 amide bonds. The van der Waals surface area contributed by atoms with Crippen LogP contribution in [0.5, 0.6) is 5.75 Å². The van der Waals surface area contributed by atoms with Crippen LogP contribution in [0.3, 0.4) is 0 Å². The molecule has 1 aromatic carbocycles. The second kappa shape index (κ2) is 11.1. The minimum atomic E-state index is 0.0153. The average molecular weight is 527 g/mol. The van der Waals surface area contributed by atoms with Crippen LogP contribution in [0, 0.1) is 0 Å². The molecule has 0 bridgehead atoms. The molecule has 3 N–H and O–H groups in total. The number of aromatic nitrogens is 4. The Labute approximate surface area is 225 Å². The molecule has 0 unspecified atom stereocenters. The van der Waals surface area contributed by atoms with Gasteiger partial charge in [-0.15, -0.1) is 0 Å². The Morgan fingerprint density at radius 3 is 2.72 bits per heavy atom. The summed E-state index contributed by atoms with van der Waals surface area (Å²) in [6.45, 7) is 4.84. The lowest BCUT2D eigenvalue weighted by Gasteiger charge is -2.26. The van der Waals surface area contributed by atoms with Crippen molar-refractivity contribution in [1.29, 1.82) is 0 Å². The molecule has 3 aromatic heterocycles. The van der Waals surface area contributed by atoms with Gasteiger partial charge in [0.1, 0.15) is 18.1 Å². The number of rotatable bonds is 8. The summed E-state index contributed by atoms with van der Waals surface area (Å²) in [4.78, 5) is 45.1. The number of pyridine rings is 1. The molecule has 2 aliphatic rings. The second-order valence-electron chi connectivity index (χ2n) is 9.63. The third-order valence-electron chi connectivity index (χ3n) is 6.96. The van der Waals surface area contributed by atoms with Crippen molar-refractivity contribution in [3.8, 4) is 17.1 Å². The van der Waals surface area contributed by atoms with Crippen LogP contribution in [0.15, 0.2) is 54.9 Å². The van der Waals surface area contributed by atoms with Crippen LogP contribution in [-0.4, -0.2) is 87.4 Å². The molecule has 0 saturated carbocycles. The van der Waals surface area contributed by atoms with E-state index in [0.29, 0.717) is 61.4 Å². The number of nitrogens with zero attached hydrogens (tertiary/aromatic N) is 5. The molecular weight excluding hydrogens is 496 g/mol. The van der Waals surface area contributed by atoms with Crippen molar-refractivity contribution in [3.63, 3.8) is 0 Å². The highest BCUT2D eigenvalue weighted by atomic mass is 16.5. The largest absolute Gasteiger partial charge is 0.492 e. The predicted molar refractivity (Wildman–Crippen MR) is 147 cm³/mol. The van der Waals surface area contributed by atoms with Crippen LogP contribution in [-0.2, 0) is 4.79 Å². The van der Waals surface area contributed by atoms with E-state index in [1.807, 2.05) is 40.1 Å². The fourth-order valence-corrected chi connectivity index (χ4v) is 4.91. The lowest BCUT2D eigenvalue weighted by molar-refractivity contribution is -0.128. The molecule has 6 rings (SSSR count). The van der Waals surface area contributed by atoms with E-state index in [9.17, 15) is 9.59 Å². The standard InChI is InChI=1S/C28H30N8O3/c37-26-2-1-11-35(26)14-15-39-21-5-7-30-24(18-21)23-6-8-31-28(34-23)32-20-3-4-22-19(16-20)17-25(33-22)27(38)36-12-9-29-10-13-36/h3-8,16-18,29,33H,1-2,9-15H2,(H,31,32,34). The zero-order valence-corrected chi connectivity index (χ0v) is 21.5. The highest BCUT2D eigenvalue weighted by molar-refractivity contribution is 5.98. The van der Waals surface area contributed by atoms with E-state index in [1.165, 1.54) is 0 Å². The molecule has 11 heteroatoms. The zero-order valence-electron chi connectivity index (χ0n) is 21.5. The molecule has 5 heterocycles. The van der Waals surface area contributed by atoms with E-state index < -0.39 is 0 Å². The normalized spacial score (nSPS) is 15.6. The van der Waals surface area contributed by atoms with E-state index in [0.717, 1.165) is 42.6 Å². The third kappa shape index (κ3) is 5.68. The molecule has 2 saturated heterocycles. The van der Waals surface area contributed by atoms with Crippen molar-refractivity contribution < 1.29 is 14.3 Å². The number of carbonyl (C=O) groups excluding carboxylic acids is 2. The van der Waals surface area contributed by atoms with Gasteiger partial charge < -0.3 is 30.2 Å². The quantitative estimate of drug-likeness (QED) is 0.320. The molecule has 4 aromatic rings. The van der Waals surface area contributed by atoms with Gasteiger partial charge in [0.2, 0.25) is 11.9 Å². The fraction of sp³-hybridized carbons (Fsp3) is 0.321. The van der Waals surface area contributed by atoms with Crippen LogP contribution in [0.4, 0.5) is 11.6 Å². The number of carbonyl (C=O) groups is 2. The van der Waals surface area contributed by atoms with Crippen molar-refractivity contribution >= 4 is 34.4 Å². The van der Waals surface area contributed by atoms with E-state index in [2.05, 4.69) is 30.6 Å². The Morgan fingerprint density at radius 2 is 1.87 bits per heavy atom. The van der Waals surface area contributed by atoms with Gasteiger partial charge in [0.25, 0.3) is 5.91 Å². The topological polar surface area (TPSA) is 128 Å². The fourth-order valence-electron chi connectivity index (χ4n) is 4.91. The molecular formula is C28H30N8O3. The molecule has 39 heavy (non-hydrogen) atoms. The lowest BCUT2D eigenvalue weighted by atomic mass is 10.2. The molecule has 11 nitrogen and oxygen atoms in total. The van der Waals surface area contributed by atoms with Gasteiger partial charge in [-0.25, -0.2) is 9.97 Å². The molecule has 2 aliphatic heterocycles. The number of hydrogen-bond donors (Lipinski definition) is 3. The number of nitrogens with one attached hydrogen (secondary N) is 3. The summed E-state index contributed by atoms with van der Waals surface area (Å²) in [6, 6.07) is 13.1. The molecule has 0 spiro atoms. The van der Waals surface area contributed by atoms with E-state index >= 15 is 0 Å². The highest BCUT2D eigenvalue weighted by Gasteiger charge is 2.20. The Balaban J connectivity index is 1.13. The van der Waals surface area contributed by atoms with Gasteiger partial charge in [-0.05, 0) is 42.8 Å². The first-order valence-electron chi connectivity index (χ1n) is 13.2. The van der Waals surface area contributed by atoms with Gasteiger partial charge in [-0.1, -0.05) is 0 Å². The third-order valence-corrected chi connectivity index (χ3v) is 6.96. The Bertz CT molecular complexity index is 1500. The number of benzene rings is 1. The predicted octanol–water partition coefficient (Wildman–Crippen LogP) is 2.81. The lowest BCUT2D eigenvalue weighted by Crippen LogP contribution is -2.46. The first-order chi connectivity index (χ1) is 19.1. The number of fused-ring (bicyclic) bond motifs is 1. The Hall–Kier alpha value is -4.51. The van der Waals surface area contributed by atoms with Crippen molar-refractivity contribution in [2.24, 2.45) is 0 Å². The number of ether oxygens (including phenoxy) is 1. The van der Waals surface area contributed by atoms with Crippen LogP contribution < -0.4 is 15.4 Å². The van der Waals surface area contributed by atoms with Crippen LogP contribution in [0.1, 0.15) is 23.3 Å². The monoisotopic (exact) mass is 526 g/mol. The number of H-pyrrole nitrogens is 1. The number of hydrogen-bond acceptors (Lipinski definition) is 8. The van der Waals surface area contributed by atoms with Gasteiger partial charge >= 0.3 is 0 Å². The maximum absolute atomic E-state index is 12.9. The Morgan fingerprint density at radius 1 is 1.00 bits per heavy atom. The summed E-state index contributed by atoms with van der Waals surface area (Å²) >= 11 is 0. The summed E-state index contributed by atoms with van der Waals surface area (Å²) in [5.74, 6) is 1.31. The molecule has 200 valence electrons. The van der Waals surface area contributed by atoms with Gasteiger partial charge in [0.15, 0.2) is 0 Å². The summed E-state index contributed by atoms with van der Waals surface area (Å²) in [5.41, 5.74) is 3.60. The summed E-state index contributed by atoms with van der Waals surface area (Å²) in [5, 5.41) is 7.45. The maximum atomic E-state index is 12.9. The van der Waals surface area contributed by atoms with Crippen molar-refractivity contribution in [1.82, 2.24) is 35.1 Å². The van der Waals surface area contributed by atoms with E-state index in [1.54, 1.807) is 24.5 Å². The van der Waals surface area contributed by atoms with Gasteiger partial charge in [-0.3, -0.25) is 14.6 Å². The van der Waals surface area contributed by atoms with Crippen molar-refractivity contribution in [2.45, 2.75) is 12.8 Å². The van der Waals surface area contributed by atoms with E-state index in [4.69, 9.17) is 4.74 Å². The summed E-state index contributed by atoms with van der Waals surface area (Å²) in [6.07, 6.45) is 4.90. The number of likely N-dealkylation sites (tertiary alicyclic amines) is 1. The van der Waals surface area contributed by atoms with Crippen LogP contribution in [0.2, 0.25) is 0 Å². The number of amides is 2. The van der Waals surface area contributed by atoms with E-state index in [-0.39, 0.29) is 11.8 Å². The average Bonchev–Trinajstić information content (AvgIpc) is 3.59. The summed E-state index contributed by atoms with van der Waals surface area (Å²) < 4.78 is 5.88. The second-order valence-corrected chi connectivity index (χ2v) is 9.63. The van der Waals surface area contributed by atoms with Crippen molar-refractivity contribution in [2.75, 3.05) is 51.2 Å². The molecule has 0 atom stereocenters. The minimum absolute atomic E-state index is 0.0153. The minimum Gasteiger partial charge on any atom is -0.492 e. The molecule has 0 aliphatic carbocycles. The van der Waals surface area contributed by atoms with Crippen LogP contribution in [0.25, 0.3) is 22.3 Å². The molecule has 2 fully saturated rings. The van der Waals surface area contributed by atoms with Crippen LogP contribution >= 0.6 is 0 Å². The highest BCUT2D eigenvalue weighted by Crippen LogP contribution is 2.25. The number of anilines is 2. The molecule has 0 radical (unpaired) electrons. The maximum Gasteiger partial charge on any atom is 0.270 e. The van der Waals surface area contributed by atoms with Gasteiger partial charge in [0, 0.05) is 74.2 Å². The van der Waals surface area contributed by atoms with Gasteiger partial charge in [0.05, 0.1) is 17.9 Å². The number of aromatic amines is 1. The first-order valence-corrected chi connectivity index (χ1v) is 13.2. The van der Waals surface area contributed by atoms with Gasteiger partial charge in [-0.2, -0.15) is 0 Å². The zero-order chi connectivity index (χ0) is 26.6. The number of piperazine rings is 1. The first kappa shape index (κ1) is 24.8. The SMILES string of the molecule is O=C1CCCN1CCOc1ccnc(-c2ccnc(Nc3ccc4[nH]c(C(=O)N5CCNCC5)cc4c3)n2)c1. The Kier molecular flexibility index (Phi) is 7.05. The van der Waals surface area contributed by atoms with Crippen molar-refractivity contribution in [3.05, 3.63) is 60.6 Å².